The zero-order valence-electron chi connectivity index (χ0n) is 16.7. The Hall–Kier alpha value is -3.41. The molecule has 0 bridgehead atoms. The van der Waals surface area contributed by atoms with Gasteiger partial charge in [-0.15, -0.1) is 0 Å². The molecule has 6 nitrogen and oxygen atoms in total. The van der Waals surface area contributed by atoms with Crippen LogP contribution in [-0.4, -0.2) is 21.5 Å². The number of fused-ring (bicyclic) bond motifs is 3. The van der Waals surface area contributed by atoms with Crippen molar-refractivity contribution in [2.75, 3.05) is 4.90 Å². The zero-order valence-corrected chi connectivity index (χ0v) is 16.7. The Kier molecular flexibility index (Phi) is 4.83. The number of hydrogen-bond donors (Lipinski definition) is 0. The van der Waals surface area contributed by atoms with E-state index in [4.69, 9.17) is 4.42 Å². The normalized spacial score (nSPS) is 14.9. The predicted octanol–water partition coefficient (Wildman–Crippen LogP) is 4.51. The van der Waals surface area contributed by atoms with Crippen LogP contribution in [0.3, 0.4) is 0 Å². The van der Waals surface area contributed by atoms with Gasteiger partial charge in [0.25, 0.3) is 5.56 Å². The molecule has 1 aliphatic carbocycles. The number of furan rings is 1. The minimum Gasteiger partial charge on any atom is -0.448 e. The standard InChI is InChI=1S/C24H23N3O3/c28-21(27(17-9-3-1-4-10-17)18-11-5-2-6-12-18)15-26-16-25-22-19-13-7-8-14-20(19)30-23(22)24(26)29/h1,3-4,7-10,13-14,16,18H,2,5-6,11-12,15H2. The van der Waals surface area contributed by atoms with Crippen LogP contribution in [0.25, 0.3) is 22.1 Å². The van der Waals surface area contributed by atoms with Crippen molar-refractivity contribution in [3.63, 3.8) is 0 Å². The second kappa shape index (κ2) is 7.78. The molecular formula is C24H23N3O3. The first-order valence-corrected chi connectivity index (χ1v) is 10.5. The summed E-state index contributed by atoms with van der Waals surface area (Å²) < 4.78 is 7.10. The molecule has 1 saturated carbocycles. The Morgan fingerprint density at radius 3 is 2.57 bits per heavy atom. The quantitative estimate of drug-likeness (QED) is 0.505. The minimum atomic E-state index is -0.332. The van der Waals surface area contributed by atoms with Crippen LogP contribution in [0.15, 0.2) is 70.1 Å². The summed E-state index contributed by atoms with van der Waals surface area (Å²) in [5.74, 6) is -0.104. The van der Waals surface area contributed by atoms with Gasteiger partial charge in [-0.05, 0) is 37.1 Å². The number of aromatic nitrogens is 2. The summed E-state index contributed by atoms with van der Waals surface area (Å²) in [5, 5.41) is 0.802. The zero-order chi connectivity index (χ0) is 20.5. The maximum atomic E-state index is 13.4. The monoisotopic (exact) mass is 401 g/mol. The molecule has 0 aliphatic heterocycles. The van der Waals surface area contributed by atoms with Crippen LogP contribution in [0.4, 0.5) is 5.69 Å². The van der Waals surface area contributed by atoms with E-state index in [0.717, 1.165) is 36.8 Å². The maximum absolute atomic E-state index is 13.4. The molecule has 2 aromatic carbocycles. The van der Waals surface area contributed by atoms with E-state index in [-0.39, 0.29) is 29.6 Å². The number of amides is 1. The van der Waals surface area contributed by atoms with Crippen molar-refractivity contribution in [1.29, 1.82) is 0 Å². The summed E-state index contributed by atoms with van der Waals surface area (Å²) >= 11 is 0. The largest absolute Gasteiger partial charge is 0.448 e. The fourth-order valence-electron chi connectivity index (χ4n) is 4.44. The fraction of sp³-hybridized carbons (Fsp3) is 0.292. The van der Waals surface area contributed by atoms with Crippen molar-refractivity contribution in [1.82, 2.24) is 9.55 Å². The van der Waals surface area contributed by atoms with Gasteiger partial charge in [-0.25, -0.2) is 4.98 Å². The van der Waals surface area contributed by atoms with Crippen molar-refractivity contribution < 1.29 is 9.21 Å². The third-order valence-electron chi connectivity index (χ3n) is 5.90. The number of benzene rings is 2. The molecule has 30 heavy (non-hydrogen) atoms. The fourth-order valence-corrected chi connectivity index (χ4v) is 4.44. The highest BCUT2D eigenvalue weighted by Crippen LogP contribution is 2.28. The number of anilines is 1. The van der Waals surface area contributed by atoms with Crippen LogP contribution in [0.5, 0.6) is 0 Å². The topological polar surface area (TPSA) is 68.3 Å². The maximum Gasteiger partial charge on any atom is 0.297 e. The van der Waals surface area contributed by atoms with Gasteiger partial charge in [-0.1, -0.05) is 49.6 Å². The molecule has 2 aromatic heterocycles. The average Bonchev–Trinajstić information content (AvgIpc) is 3.17. The lowest BCUT2D eigenvalue weighted by Gasteiger charge is -2.34. The van der Waals surface area contributed by atoms with E-state index >= 15 is 0 Å². The number of para-hydroxylation sites is 2. The van der Waals surface area contributed by atoms with Crippen LogP contribution >= 0.6 is 0 Å². The van der Waals surface area contributed by atoms with Gasteiger partial charge in [-0.3, -0.25) is 14.2 Å². The molecule has 0 spiro atoms. The van der Waals surface area contributed by atoms with Gasteiger partial charge in [0.15, 0.2) is 0 Å². The molecule has 152 valence electrons. The summed E-state index contributed by atoms with van der Waals surface area (Å²) in [5.41, 5.74) is 1.89. The van der Waals surface area contributed by atoms with Crippen LogP contribution in [-0.2, 0) is 11.3 Å². The number of rotatable bonds is 4. The first-order valence-electron chi connectivity index (χ1n) is 10.5. The van der Waals surface area contributed by atoms with Crippen molar-refractivity contribution in [3.8, 4) is 0 Å². The minimum absolute atomic E-state index is 0.0653. The molecule has 4 aromatic rings. The Balaban J connectivity index is 1.50. The van der Waals surface area contributed by atoms with E-state index in [2.05, 4.69) is 4.98 Å². The van der Waals surface area contributed by atoms with E-state index in [9.17, 15) is 9.59 Å². The lowest BCUT2D eigenvalue weighted by Crippen LogP contribution is -2.44. The highest BCUT2D eigenvalue weighted by molar-refractivity contribution is 6.02. The number of carbonyl (C=O) groups is 1. The third-order valence-corrected chi connectivity index (χ3v) is 5.90. The molecule has 1 amide bonds. The molecule has 0 saturated heterocycles. The Morgan fingerprint density at radius 2 is 1.77 bits per heavy atom. The van der Waals surface area contributed by atoms with Crippen LogP contribution in [0.1, 0.15) is 32.1 Å². The van der Waals surface area contributed by atoms with Crippen molar-refractivity contribution in [2.24, 2.45) is 0 Å². The molecule has 0 radical (unpaired) electrons. The van der Waals surface area contributed by atoms with E-state index < -0.39 is 0 Å². The summed E-state index contributed by atoms with van der Waals surface area (Å²) in [6.07, 6.45) is 6.86. The Bertz CT molecular complexity index is 1250. The molecular weight excluding hydrogens is 378 g/mol. The average molecular weight is 401 g/mol. The summed E-state index contributed by atoms with van der Waals surface area (Å²) in [6, 6.07) is 17.3. The van der Waals surface area contributed by atoms with E-state index in [0.29, 0.717) is 11.1 Å². The van der Waals surface area contributed by atoms with E-state index in [1.54, 1.807) is 0 Å². The lowest BCUT2D eigenvalue weighted by atomic mass is 9.93. The lowest BCUT2D eigenvalue weighted by molar-refractivity contribution is -0.119. The second-order valence-electron chi connectivity index (χ2n) is 7.84. The molecule has 5 rings (SSSR count). The first-order chi connectivity index (χ1) is 14.7. The van der Waals surface area contributed by atoms with Gasteiger partial charge in [0, 0.05) is 17.1 Å². The Labute approximate surface area is 173 Å². The van der Waals surface area contributed by atoms with Gasteiger partial charge >= 0.3 is 0 Å². The van der Waals surface area contributed by atoms with Gasteiger partial charge in [0.05, 0.1) is 6.33 Å². The van der Waals surface area contributed by atoms with Crippen molar-refractivity contribution >= 4 is 33.7 Å². The molecule has 2 heterocycles. The van der Waals surface area contributed by atoms with Crippen LogP contribution in [0, 0.1) is 0 Å². The third kappa shape index (κ3) is 3.28. The second-order valence-corrected chi connectivity index (χ2v) is 7.84. The van der Waals surface area contributed by atoms with Gasteiger partial charge < -0.3 is 9.32 Å². The highest BCUT2D eigenvalue weighted by Gasteiger charge is 2.27. The SMILES string of the molecule is O=C(Cn1cnc2c(oc3ccccc32)c1=O)N(c1ccccc1)C1CCCCC1. The molecule has 0 unspecified atom stereocenters. The first kappa shape index (κ1) is 18.6. The molecule has 6 heteroatoms. The van der Waals surface area contributed by atoms with E-state index in [1.807, 2.05) is 59.5 Å². The van der Waals surface area contributed by atoms with Gasteiger partial charge in [0.1, 0.15) is 17.6 Å². The van der Waals surface area contributed by atoms with Crippen molar-refractivity contribution in [3.05, 3.63) is 71.3 Å². The number of hydrogen-bond acceptors (Lipinski definition) is 4. The summed E-state index contributed by atoms with van der Waals surface area (Å²) in [4.78, 5) is 32.7. The van der Waals surface area contributed by atoms with Crippen molar-refractivity contribution in [2.45, 2.75) is 44.7 Å². The van der Waals surface area contributed by atoms with Gasteiger partial charge in [0.2, 0.25) is 11.5 Å². The van der Waals surface area contributed by atoms with Gasteiger partial charge in [-0.2, -0.15) is 0 Å². The van der Waals surface area contributed by atoms with Crippen LogP contribution in [0.2, 0.25) is 0 Å². The molecule has 1 fully saturated rings. The highest BCUT2D eigenvalue weighted by atomic mass is 16.3. The Morgan fingerprint density at radius 1 is 1.03 bits per heavy atom. The molecule has 1 aliphatic rings. The summed E-state index contributed by atoms with van der Waals surface area (Å²) in [7, 11) is 0. The smallest absolute Gasteiger partial charge is 0.297 e. The van der Waals surface area contributed by atoms with E-state index in [1.165, 1.54) is 17.3 Å². The summed E-state index contributed by atoms with van der Waals surface area (Å²) in [6.45, 7) is -0.0653. The predicted molar refractivity (Wildman–Crippen MR) is 117 cm³/mol. The molecule has 0 N–H and O–H groups in total. The number of nitrogens with zero attached hydrogens (tertiary/aromatic N) is 3. The van der Waals surface area contributed by atoms with Crippen LogP contribution < -0.4 is 10.5 Å². The number of carbonyl (C=O) groups excluding carboxylic acids is 1. The molecule has 0 atom stereocenters.